The number of aliphatic hydroxyl groups is 1. The van der Waals surface area contributed by atoms with Crippen molar-refractivity contribution in [1.29, 1.82) is 0 Å². The van der Waals surface area contributed by atoms with E-state index in [0.29, 0.717) is 19.0 Å². The van der Waals surface area contributed by atoms with Crippen LogP contribution in [0.1, 0.15) is 0 Å². The molecule has 2 N–H and O–H groups in total. The van der Waals surface area contributed by atoms with Gasteiger partial charge in [0.05, 0.1) is 36.9 Å². The smallest absolute Gasteiger partial charge is 0.276 e. The molecule has 0 atom stereocenters. The molecule has 0 radical (unpaired) electrons. The maximum atomic E-state index is 10.6. The first-order valence-electron chi connectivity index (χ1n) is 4.88. The molecule has 0 spiro atoms. The Bertz CT molecular complexity index is 389. The summed E-state index contributed by atoms with van der Waals surface area (Å²) in [5.41, 5.74) is -0.122. The van der Waals surface area contributed by atoms with E-state index in [0.717, 1.165) is 0 Å². The second-order valence-electron chi connectivity index (χ2n) is 3.05. The Kier molecular flexibility index (Phi) is 5.61. The molecule has 0 saturated heterocycles. The minimum Gasteiger partial charge on any atom is -0.394 e. The van der Waals surface area contributed by atoms with Crippen LogP contribution in [0.25, 0.3) is 0 Å². The van der Waals surface area contributed by atoms with Gasteiger partial charge in [-0.15, -0.1) is 0 Å². The summed E-state index contributed by atoms with van der Waals surface area (Å²) >= 11 is 5.64. The molecule has 0 aromatic carbocycles. The molecule has 1 aromatic rings. The zero-order valence-electron chi connectivity index (χ0n) is 8.93. The van der Waals surface area contributed by atoms with Crippen LogP contribution in [-0.2, 0) is 4.74 Å². The number of nitrogens with zero attached hydrogens (tertiary/aromatic N) is 2. The average Bonchev–Trinajstić information content (AvgIpc) is 2.28. The van der Waals surface area contributed by atoms with E-state index in [1.165, 1.54) is 12.1 Å². The molecule has 0 amide bonds. The molecule has 0 saturated carbocycles. The molecule has 94 valence electrons. The molecule has 8 heteroatoms. The van der Waals surface area contributed by atoms with E-state index in [-0.39, 0.29) is 24.1 Å². The van der Waals surface area contributed by atoms with Crippen molar-refractivity contribution in [2.24, 2.45) is 0 Å². The van der Waals surface area contributed by atoms with E-state index in [9.17, 15) is 10.1 Å². The summed E-state index contributed by atoms with van der Waals surface area (Å²) in [7, 11) is 0. The van der Waals surface area contributed by atoms with Crippen molar-refractivity contribution in [3.8, 4) is 0 Å². The zero-order chi connectivity index (χ0) is 12.7. The van der Waals surface area contributed by atoms with E-state index >= 15 is 0 Å². The van der Waals surface area contributed by atoms with Crippen molar-refractivity contribution in [2.75, 3.05) is 31.7 Å². The Morgan fingerprint density at radius 2 is 2.29 bits per heavy atom. The van der Waals surface area contributed by atoms with E-state index < -0.39 is 4.92 Å². The van der Waals surface area contributed by atoms with Crippen molar-refractivity contribution >= 4 is 23.1 Å². The summed E-state index contributed by atoms with van der Waals surface area (Å²) in [6, 6.07) is 2.47. The third-order valence-corrected chi connectivity index (χ3v) is 1.97. The second kappa shape index (κ2) is 7.00. The molecule has 7 nitrogen and oxygen atoms in total. The number of hydrogen-bond acceptors (Lipinski definition) is 6. The van der Waals surface area contributed by atoms with Crippen LogP contribution in [0.15, 0.2) is 12.1 Å². The van der Waals surface area contributed by atoms with Crippen molar-refractivity contribution in [2.45, 2.75) is 0 Å². The number of pyridine rings is 1. The number of hydrogen-bond donors (Lipinski definition) is 2. The summed E-state index contributed by atoms with van der Waals surface area (Å²) < 4.78 is 5.01. The summed E-state index contributed by atoms with van der Waals surface area (Å²) in [5.74, 6) is 0.316. The molecule has 0 bridgehead atoms. The minimum atomic E-state index is -0.541. The lowest BCUT2D eigenvalue weighted by Gasteiger charge is -2.06. The first-order valence-corrected chi connectivity index (χ1v) is 5.25. The maximum Gasteiger partial charge on any atom is 0.276 e. The molecule has 0 fully saturated rings. The number of aromatic nitrogens is 1. The Labute approximate surface area is 103 Å². The van der Waals surface area contributed by atoms with Gasteiger partial charge >= 0.3 is 0 Å². The van der Waals surface area contributed by atoms with Crippen molar-refractivity contribution in [3.63, 3.8) is 0 Å². The Morgan fingerprint density at radius 1 is 1.53 bits per heavy atom. The highest BCUT2D eigenvalue weighted by Gasteiger charge is 2.09. The third kappa shape index (κ3) is 4.94. The number of ether oxygens (including phenoxy) is 1. The number of anilines is 1. The predicted octanol–water partition coefficient (Wildman–Crippen LogP) is 1.06. The lowest BCUT2D eigenvalue weighted by atomic mass is 10.4. The van der Waals surface area contributed by atoms with Gasteiger partial charge < -0.3 is 15.2 Å². The van der Waals surface area contributed by atoms with Gasteiger partial charge in [0.15, 0.2) is 0 Å². The SMILES string of the molecule is O=[N+]([O-])c1cc(Cl)nc(NCCOCCO)c1. The number of aliphatic hydroxyl groups excluding tert-OH is 1. The summed E-state index contributed by atoms with van der Waals surface area (Å²) in [4.78, 5) is 13.9. The van der Waals surface area contributed by atoms with Crippen LogP contribution in [0.2, 0.25) is 5.15 Å². The van der Waals surface area contributed by atoms with Crippen LogP contribution in [-0.4, -0.2) is 41.4 Å². The van der Waals surface area contributed by atoms with Crippen LogP contribution in [0.4, 0.5) is 11.5 Å². The quantitative estimate of drug-likeness (QED) is 0.330. The molecule has 1 heterocycles. The number of nitrogens with one attached hydrogen (secondary N) is 1. The molecule has 0 aliphatic heterocycles. The van der Waals surface area contributed by atoms with Gasteiger partial charge in [0.25, 0.3) is 5.69 Å². The molecular formula is C9H12ClN3O4. The molecule has 0 aliphatic carbocycles. The molecule has 0 aliphatic rings. The van der Waals surface area contributed by atoms with Crippen molar-refractivity contribution < 1.29 is 14.8 Å². The van der Waals surface area contributed by atoms with Crippen molar-refractivity contribution in [3.05, 3.63) is 27.4 Å². The predicted molar refractivity (Wildman–Crippen MR) is 62.3 cm³/mol. The Morgan fingerprint density at radius 3 is 2.94 bits per heavy atom. The fourth-order valence-corrected chi connectivity index (χ4v) is 1.30. The topological polar surface area (TPSA) is 97.5 Å². The van der Waals surface area contributed by atoms with Crippen LogP contribution >= 0.6 is 11.6 Å². The minimum absolute atomic E-state index is 0.0408. The van der Waals surface area contributed by atoms with Gasteiger partial charge in [-0.2, -0.15) is 0 Å². The van der Waals surface area contributed by atoms with Gasteiger partial charge in [-0.3, -0.25) is 10.1 Å². The molecule has 1 aromatic heterocycles. The number of halogens is 1. The highest BCUT2D eigenvalue weighted by atomic mass is 35.5. The summed E-state index contributed by atoms with van der Waals surface area (Å²) in [6.07, 6.45) is 0. The van der Waals surface area contributed by atoms with E-state index in [1.807, 2.05) is 0 Å². The first kappa shape index (κ1) is 13.6. The van der Waals surface area contributed by atoms with Gasteiger partial charge in [-0.1, -0.05) is 11.6 Å². The summed E-state index contributed by atoms with van der Waals surface area (Å²) in [6.45, 7) is 0.999. The van der Waals surface area contributed by atoms with E-state index in [4.69, 9.17) is 21.4 Å². The fraction of sp³-hybridized carbons (Fsp3) is 0.444. The Balaban J connectivity index is 2.50. The number of nitro groups is 1. The van der Waals surface area contributed by atoms with Gasteiger partial charge in [-0.05, 0) is 0 Å². The Hall–Kier alpha value is -1.44. The average molecular weight is 262 g/mol. The van der Waals surface area contributed by atoms with Crippen LogP contribution in [0.3, 0.4) is 0 Å². The first-order chi connectivity index (χ1) is 8.13. The normalized spacial score (nSPS) is 10.2. The number of rotatable bonds is 7. The standard InChI is InChI=1S/C9H12ClN3O4/c10-8-5-7(13(15)16)6-9(12-8)11-1-3-17-4-2-14/h5-6,14H,1-4H2,(H,11,12). The molecule has 0 unspecified atom stereocenters. The molecule has 1 rings (SSSR count). The van der Waals surface area contributed by atoms with Gasteiger partial charge in [0.1, 0.15) is 11.0 Å². The van der Waals surface area contributed by atoms with Crippen molar-refractivity contribution in [1.82, 2.24) is 4.98 Å². The monoisotopic (exact) mass is 261 g/mol. The van der Waals surface area contributed by atoms with Gasteiger partial charge in [-0.25, -0.2) is 4.98 Å². The second-order valence-corrected chi connectivity index (χ2v) is 3.44. The largest absolute Gasteiger partial charge is 0.394 e. The van der Waals surface area contributed by atoms with Gasteiger partial charge in [0.2, 0.25) is 0 Å². The van der Waals surface area contributed by atoms with E-state index in [2.05, 4.69) is 10.3 Å². The van der Waals surface area contributed by atoms with Crippen LogP contribution < -0.4 is 5.32 Å². The highest BCUT2D eigenvalue weighted by molar-refractivity contribution is 6.29. The van der Waals surface area contributed by atoms with Crippen LogP contribution in [0.5, 0.6) is 0 Å². The van der Waals surface area contributed by atoms with E-state index in [1.54, 1.807) is 0 Å². The fourth-order valence-electron chi connectivity index (χ4n) is 1.10. The summed E-state index contributed by atoms with van der Waals surface area (Å²) in [5, 5.41) is 21.9. The molecule has 17 heavy (non-hydrogen) atoms. The third-order valence-electron chi connectivity index (χ3n) is 1.78. The highest BCUT2D eigenvalue weighted by Crippen LogP contribution is 2.20. The molecular weight excluding hydrogens is 250 g/mol. The van der Waals surface area contributed by atoms with Crippen LogP contribution in [0, 0.1) is 10.1 Å². The lowest BCUT2D eigenvalue weighted by molar-refractivity contribution is -0.384. The van der Waals surface area contributed by atoms with Gasteiger partial charge in [0, 0.05) is 6.54 Å². The maximum absolute atomic E-state index is 10.6. The lowest BCUT2D eigenvalue weighted by Crippen LogP contribution is -2.12. The zero-order valence-corrected chi connectivity index (χ0v) is 9.68.